The van der Waals surface area contributed by atoms with Crippen LogP contribution in [-0.2, 0) is 0 Å². The highest BCUT2D eigenvalue weighted by Gasteiger charge is 2.07. The van der Waals surface area contributed by atoms with Gasteiger partial charge in [0.05, 0.1) is 16.9 Å². The van der Waals surface area contributed by atoms with Gasteiger partial charge in [-0.25, -0.2) is 5.43 Å². The van der Waals surface area contributed by atoms with E-state index in [1.165, 1.54) is 5.56 Å². The molecule has 0 saturated heterocycles. The zero-order valence-corrected chi connectivity index (χ0v) is 14.8. The van der Waals surface area contributed by atoms with Gasteiger partial charge in [0, 0.05) is 5.56 Å². The molecule has 2 aromatic rings. The quantitative estimate of drug-likeness (QED) is 0.477. The van der Waals surface area contributed by atoms with E-state index in [4.69, 9.17) is 4.74 Å². The Bertz CT molecular complexity index is 727. The number of nitrogens with zero attached hydrogens (tertiary/aromatic N) is 1. The molecular formula is C17H17IN2O2. The van der Waals surface area contributed by atoms with Crippen LogP contribution in [0.4, 0.5) is 0 Å². The van der Waals surface area contributed by atoms with Crippen molar-refractivity contribution in [3.05, 3.63) is 62.2 Å². The second-order valence-electron chi connectivity index (χ2n) is 4.91. The zero-order valence-electron chi connectivity index (χ0n) is 12.7. The van der Waals surface area contributed by atoms with Crippen molar-refractivity contribution in [2.24, 2.45) is 5.10 Å². The summed E-state index contributed by atoms with van der Waals surface area (Å²) in [6.07, 6.45) is 1.65. The summed E-state index contributed by atoms with van der Waals surface area (Å²) in [5.41, 5.74) is 6.39. The highest BCUT2D eigenvalue weighted by molar-refractivity contribution is 14.1. The van der Waals surface area contributed by atoms with E-state index in [2.05, 4.69) is 39.2 Å². The number of halogens is 1. The number of carbonyl (C=O) groups excluding carboxylic acids is 1. The number of hydrazone groups is 1. The average Bonchev–Trinajstić information content (AvgIpc) is 2.49. The molecule has 4 nitrogen and oxygen atoms in total. The average molecular weight is 408 g/mol. The molecule has 2 aromatic carbocycles. The van der Waals surface area contributed by atoms with Crippen molar-refractivity contribution in [1.82, 2.24) is 5.43 Å². The fourth-order valence-corrected chi connectivity index (χ4v) is 2.74. The summed E-state index contributed by atoms with van der Waals surface area (Å²) in [6.45, 7) is 4.06. The summed E-state index contributed by atoms with van der Waals surface area (Å²) in [7, 11) is 1.60. The van der Waals surface area contributed by atoms with Crippen LogP contribution >= 0.6 is 22.6 Å². The molecule has 0 saturated carbocycles. The van der Waals surface area contributed by atoms with Gasteiger partial charge in [-0.3, -0.25) is 4.79 Å². The minimum Gasteiger partial charge on any atom is -0.496 e. The molecule has 5 heteroatoms. The Morgan fingerprint density at radius 1 is 1.23 bits per heavy atom. The number of rotatable bonds is 4. The van der Waals surface area contributed by atoms with Gasteiger partial charge in [-0.1, -0.05) is 23.8 Å². The largest absolute Gasteiger partial charge is 0.496 e. The Hall–Kier alpha value is -1.89. The monoisotopic (exact) mass is 408 g/mol. The Morgan fingerprint density at radius 2 is 2.00 bits per heavy atom. The van der Waals surface area contributed by atoms with Crippen LogP contribution in [0.5, 0.6) is 5.75 Å². The number of methoxy groups -OCH3 is 1. The zero-order chi connectivity index (χ0) is 16.1. The van der Waals surface area contributed by atoms with Crippen molar-refractivity contribution in [2.75, 3.05) is 7.11 Å². The second kappa shape index (κ2) is 7.40. The molecule has 0 bridgehead atoms. The van der Waals surface area contributed by atoms with Gasteiger partial charge in [0.15, 0.2) is 0 Å². The first-order valence-electron chi connectivity index (χ1n) is 6.75. The fraction of sp³-hybridized carbons (Fsp3) is 0.176. The Morgan fingerprint density at radius 3 is 2.64 bits per heavy atom. The predicted molar refractivity (Wildman–Crippen MR) is 96.7 cm³/mol. The highest BCUT2D eigenvalue weighted by Crippen LogP contribution is 2.21. The van der Waals surface area contributed by atoms with Gasteiger partial charge in [0.2, 0.25) is 0 Å². The number of ether oxygens (including phenoxy) is 1. The van der Waals surface area contributed by atoms with Crippen LogP contribution in [0.1, 0.15) is 27.0 Å². The molecule has 0 atom stereocenters. The highest BCUT2D eigenvalue weighted by atomic mass is 127. The van der Waals surface area contributed by atoms with Crippen LogP contribution in [0.15, 0.2) is 41.5 Å². The van der Waals surface area contributed by atoms with Crippen molar-refractivity contribution < 1.29 is 9.53 Å². The summed E-state index contributed by atoms with van der Waals surface area (Å²) in [5, 5.41) is 4.02. The van der Waals surface area contributed by atoms with Crippen molar-refractivity contribution in [2.45, 2.75) is 13.8 Å². The lowest BCUT2D eigenvalue weighted by atomic mass is 10.1. The molecule has 0 radical (unpaired) electrons. The Balaban J connectivity index is 2.06. The van der Waals surface area contributed by atoms with Crippen molar-refractivity contribution >= 4 is 34.7 Å². The number of nitrogens with one attached hydrogen (secondary N) is 1. The number of hydrogen-bond donors (Lipinski definition) is 1. The number of hydrogen-bond acceptors (Lipinski definition) is 3. The van der Waals surface area contributed by atoms with Crippen LogP contribution in [0, 0.1) is 17.4 Å². The van der Waals surface area contributed by atoms with E-state index >= 15 is 0 Å². The first-order chi connectivity index (χ1) is 10.5. The molecule has 0 aliphatic carbocycles. The summed E-state index contributed by atoms with van der Waals surface area (Å²) >= 11 is 2.13. The van der Waals surface area contributed by atoms with E-state index in [9.17, 15) is 4.79 Å². The molecule has 1 amide bonds. The first-order valence-corrected chi connectivity index (χ1v) is 7.83. The lowest BCUT2D eigenvalue weighted by molar-refractivity contribution is 0.0955. The predicted octanol–water partition coefficient (Wildman–Crippen LogP) is 3.68. The van der Waals surface area contributed by atoms with E-state index in [-0.39, 0.29) is 5.91 Å². The number of aryl methyl sites for hydroxylation is 2. The maximum atomic E-state index is 12.1. The van der Waals surface area contributed by atoms with E-state index in [0.717, 1.165) is 20.4 Å². The summed E-state index contributed by atoms with van der Waals surface area (Å²) in [5.74, 6) is 0.498. The van der Waals surface area contributed by atoms with Crippen LogP contribution in [-0.4, -0.2) is 19.2 Å². The van der Waals surface area contributed by atoms with Crippen LogP contribution in [0.2, 0.25) is 0 Å². The smallest absolute Gasteiger partial charge is 0.271 e. The molecule has 1 N–H and O–H groups in total. The van der Waals surface area contributed by atoms with Gasteiger partial charge in [0.25, 0.3) is 5.91 Å². The fourth-order valence-electron chi connectivity index (χ4n) is 2.00. The van der Waals surface area contributed by atoms with E-state index in [1.54, 1.807) is 31.5 Å². The van der Waals surface area contributed by atoms with Crippen LogP contribution in [0.25, 0.3) is 0 Å². The third-order valence-electron chi connectivity index (χ3n) is 3.21. The van der Waals surface area contributed by atoms with E-state index in [1.807, 2.05) is 26.0 Å². The Kier molecular flexibility index (Phi) is 5.54. The Labute approximate surface area is 143 Å². The van der Waals surface area contributed by atoms with Gasteiger partial charge in [-0.05, 0) is 65.8 Å². The lowest BCUT2D eigenvalue weighted by Gasteiger charge is -2.05. The van der Waals surface area contributed by atoms with Crippen LogP contribution < -0.4 is 10.2 Å². The maximum Gasteiger partial charge on any atom is 0.271 e. The van der Waals surface area contributed by atoms with Crippen molar-refractivity contribution in [3.8, 4) is 5.75 Å². The molecule has 2 rings (SSSR count). The van der Waals surface area contributed by atoms with Gasteiger partial charge in [-0.15, -0.1) is 0 Å². The first kappa shape index (κ1) is 16.5. The molecule has 0 heterocycles. The molecular weight excluding hydrogens is 391 g/mol. The molecule has 0 aromatic heterocycles. The summed E-state index contributed by atoms with van der Waals surface area (Å²) in [6, 6.07) is 11.3. The molecule has 0 fully saturated rings. The standard InChI is InChI=1S/C17H17IN2O2/c1-11-4-5-14(12(2)8-11)10-19-20-17(21)13-6-7-16(22-3)15(18)9-13/h4-10H,1-3H3,(H,20,21). The molecule has 114 valence electrons. The molecule has 22 heavy (non-hydrogen) atoms. The van der Waals surface area contributed by atoms with Crippen molar-refractivity contribution in [1.29, 1.82) is 0 Å². The molecule has 0 unspecified atom stereocenters. The normalized spacial score (nSPS) is 10.7. The lowest BCUT2D eigenvalue weighted by Crippen LogP contribution is -2.17. The molecule has 0 aliphatic rings. The minimum atomic E-state index is -0.249. The number of carbonyl (C=O) groups is 1. The maximum absolute atomic E-state index is 12.1. The van der Waals surface area contributed by atoms with Gasteiger partial charge >= 0.3 is 0 Å². The second-order valence-corrected chi connectivity index (χ2v) is 6.07. The topological polar surface area (TPSA) is 50.7 Å². The van der Waals surface area contributed by atoms with E-state index < -0.39 is 0 Å². The SMILES string of the molecule is COc1ccc(C(=O)NN=Cc2ccc(C)cc2C)cc1I. The summed E-state index contributed by atoms with van der Waals surface area (Å²) < 4.78 is 6.05. The number of benzene rings is 2. The summed E-state index contributed by atoms with van der Waals surface area (Å²) in [4.78, 5) is 12.1. The minimum absolute atomic E-state index is 0.249. The van der Waals surface area contributed by atoms with Crippen LogP contribution in [0.3, 0.4) is 0 Å². The van der Waals surface area contributed by atoms with Gasteiger partial charge in [-0.2, -0.15) is 5.10 Å². The number of amides is 1. The third kappa shape index (κ3) is 4.07. The van der Waals surface area contributed by atoms with Gasteiger partial charge in [0.1, 0.15) is 5.75 Å². The van der Waals surface area contributed by atoms with Gasteiger partial charge < -0.3 is 4.74 Å². The molecule has 0 spiro atoms. The third-order valence-corrected chi connectivity index (χ3v) is 4.05. The van der Waals surface area contributed by atoms with E-state index in [0.29, 0.717) is 5.56 Å². The van der Waals surface area contributed by atoms with Crippen molar-refractivity contribution in [3.63, 3.8) is 0 Å². The molecule has 0 aliphatic heterocycles.